The molecule has 0 aliphatic carbocycles. The van der Waals surface area contributed by atoms with Crippen LogP contribution in [-0.4, -0.2) is 17.6 Å². The minimum absolute atomic E-state index is 0.101. The maximum absolute atomic E-state index is 12.6. The van der Waals surface area contributed by atoms with Gasteiger partial charge < -0.3 is 10.5 Å². The van der Waals surface area contributed by atoms with Gasteiger partial charge in [-0.1, -0.05) is 0 Å². The summed E-state index contributed by atoms with van der Waals surface area (Å²) in [6.07, 6.45) is -2.71. The zero-order valence-electron chi connectivity index (χ0n) is 9.04. The largest absolute Gasteiger partial charge is 0.462 e. The molecule has 0 aliphatic heterocycles. The molecule has 0 saturated carbocycles. The number of nitrogens with two attached hydrogens (primary N) is 1. The molecular formula is C10H11F2IN2O2. The Morgan fingerprint density at radius 3 is 2.76 bits per heavy atom. The van der Waals surface area contributed by atoms with Crippen molar-refractivity contribution in [3.05, 3.63) is 26.6 Å². The number of alkyl halides is 2. The standard InChI is InChI=1S/C10H11F2IN2O2/c1-2-17-10(16)6-3-5(4-14)7(8(11)12)15-9(6)13/h3,8H,2,4,14H2,1H3. The molecule has 1 heterocycles. The molecule has 0 amide bonds. The van der Waals surface area contributed by atoms with Crippen LogP contribution in [0.5, 0.6) is 0 Å². The summed E-state index contributed by atoms with van der Waals surface area (Å²) < 4.78 is 30.3. The van der Waals surface area contributed by atoms with Crippen LogP contribution in [-0.2, 0) is 11.3 Å². The second kappa shape index (κ2) is 6.20. The van der Waals surface area contributed by atoms with Gasteiger partial charge in [-0.25, -0.2) is 18.6 Å². The highest BCUT2D eigenvalue weighted by Crippen LogP contribution is 2.24. The van der Waals surface area contributed by atoms with E-state index in [1.807, 2.05) is 0 Å². The Balaban J connectivity index is 3.22. The van der Waals surface area contributed by atoms with Gasteiger partial charge in [0, 0.05) is 6.54 Å². The summed E-state index contributed by atoms with van der Waals surface area (Å²) in [6, 6.07) is 1.31. The van der Waals surface area contributed by atoms with Gasteiger partial charge in [-0.15, -0.1) is 0 Å². The second-order valence-electron chi connectivity index (χ2n) is 3.10. The quantitative estimate of drug-likeness (QED) is 0.511. The average Bonchev–Trinajstić information content (AvgIpc) is 2.28. The third kappa shape index (κ3) is 3.32. The number of nitrogens with zero attached hydrogens (tertiary/aromatic N) is 1. The smallest absolute Gasteiger partial charge is 0.340 e. The Morgan fingerprint density at radius 1 is 1.65 bits per heavy atom. The van der Waals surface area contributed by atoms with E-state index >= 15 is 0 Å². The van der Waals surface area contributed by atoms with Crippen LogP contribution in [0.4, 0.5) is 8.78 Å². The minimum atomic E-state index is -2.71. The van der Waals surface area contributed by atoms with Crippen LogP contribution in [0, 0.1) is 3.70 Å². The van der Waals surface area contributed by atoms with Gasteiger partial charge in [0.25, 0.3) is 6.43 Å². The molecule has 0 aliphatic rings. The van der Waals surface area contributed by atoms with Crippen molar-refractivity contribution in [3.63, 3.8) is 0 Å². The Morgan fingerprint density at radius 2 is 2.29 bits per heavy atom. The maximum atomic E-state index is 12.6. The first-order valence-electron chi connectivity index (χ1n) is 4.85. The number of esters is 1. The number of ether oxygens (including phenoxy) is 1. The van der Waals surface area contributed by atoms with E-state index < -0.39 is 12.4 Å². The van der Waals surface area contributed by atoms with E-state index in [1.165, 1.54) is 6.07 Å². The predicted octanol–water partition coefficient (Wildman–Crippen LogP) is 2.26. The molecule has 2 N–H and O–H groups in total. The number of rotatable bonds is 4. The Labute approximate surface area is 111 Å². The number of hydrogen-bond donors (Lipinski definition) is 1. The summed E-state index contributed by atoms with van der Waals surface area (Å²) in [6.45, 7) is 1.77. The predicted molar refractivity (Wildman–Crippen MR) is 65.8 cm³/mol. The lowest BCUT2D eigenvalue weighted by atomic mass is 10.1. The lowest BCUT2D eigenvalue weighted by molar-refractivity contribution is 0.0523. The van der Waals surface area contributed by atoms with Crippen molar-refractivity contribution in [1.29, 1.82) is 0 Å². The number of pyridine rings is 1. The zero-order valence-corrected chi connectivity index (χ0v) is 11.2. The topological polar surface area (TPSA) is 65.2 Å². The van der Waals surface area contributed by atoms with Gasteiger partial charge in [-0.2, -0.15) is 0 Å². The summed E-state index contributed by atoms with van der Waals surface area (Å²) >= 11 is 1.72. The molecule has 0 aromatic carbocycles. The fourth-order valence-corrected chi connectivity index (χ4v) is 1.89. The van der Waals surface area contributed by atoms with E-state index in [1.54, 1.807) is 29.5 Å². The molecule has 1 aromatic rings. The van der Waals surface area contributed by atoms with Crippen LogP contribution in [0.15, 0.2) is 6.07 Å². The summed E-state index contributed by atoms with van der Waals surface area (Å²) in [4.78, 5) is 15.2. The molecule has 0 saturated heterocycles. The average molecular weight is 356 g/mol. The van der Waals surface area contributed by atoms with Gasteiger partial charge in [0.1, 0.15) is 9.39 Å². The fraction of sp³-hybridized carbons (Fsp3) is 0.400. The molecule has 4 nitrogen and oxygen atoms in total. The van der Waals surface area contributed by atoms with E-state index in [0.29, 0.717) is 0 Å². The van der Waals surface area contributed by atoms with Crippen LogP contribution in [0.2, 0.25) is 0 Å². The van der Waals surface area contributed by atoms with E-state index in [-0.39, 0.29) is 33.7 Å². The lowest BCUT2D eigenvalue weighted by Crippen LogP contribution is -2.13. The van der Waals surface area contributed by atoms with E-state index in [9.17, 15) is 13.6 Å². The summed E-state index contributed by atoms with van der Waals surface area (Å²) in [5.41, 5.74) is 5.29. The molecule has 1 aromatic heterocycles. The SMILES string of the molecule is CCOC(=O)c1cc(CN)c(C(F)F)nc1I. The monoisotopic (exact) mass is 356 g/mol. The van der Waals surface area contributed by atoms with Crippen molar-refractivity contribution in [3.8, 4) is 0 Å². The molecular weight excluding hydrogens is 345 g/mol. The molecule has 0 atom stereocenters. The number of aromatic nitrogens is 1. The van der Waals surface area contributed by atoms with Crippen LogP contribution in [0.3, 0.4) is 0 Å². The highest BCUT2D eigenvalue weighted by molar-refractivity contribution is 14.1. The van der Waals surface area contributed by atoms with Crippen molar-refractivity contribution in [2.24, 2.45) is 5.73 Å². The molecule has 7 heteroatoms. The van der Waals surface area contributed by atoms with Gasteiger partial charge in [0.15, 0.2) is 0 Å². The summed E-state index contributed by atoms with van der Waals surface area (Å²) in [5, 5.41) is 0. The molecule has 0 radical (unpaired) electrons. The molecule has 0 unspecified atom stereocenters. The van der Waals surface area contributed by atoms with Crippen molar-refractivity contribution >= 4 is 28.6 Å². The van der Waals surface area contributed by atoms with Crippen LogP contribution < -0.4 is 5.73 Å². The van der Waals surface area contributed by atoms with Gasteiger partial charge >= 0.3 is 5.97 Å². The Hall–Kier alpha value is -0.830. The first-order valence-corrected chi connectivity index (χ1v) is 5.93. The lowest BCUT2D eigenvalue weighted by Gasteiger charge is -2.10. The molecule has 94 valence electrons. The molecule has 0 bridgehead atoms. The van der Waals surface area contributed by atoms with E-state index in [4.69, 9.17) is 10.5 Å². The summed E-state index contributed by atoms with van der Waals surface area (Å²) in [5.74, 6) is -0.583. The normalized spacial score (nSPS) is 10.7. The zero-order chi connectivity index (χ0) is 13.0. The third-order valence-electron chi connectivity index (χ3n) is 2.01. The van der Waals surface area contributed by atoms with Gasteiger partial charge in [-0.05, 0) is 41.1 Å². The highest BCUT2D eigenvalue weighted by Gasteiger charge is 2.20. The van der Waals surface area contributed by atoms with E-state index in [2.05, 4.69) is 4.98 Å². The van der Waals surface area contributed by atoms with Crippen LogP contribution in [0.1, 0.15) is 35.0 Å². The molecule has 0 fully saturated rings. The second-order valence-corrected chi connectivity index (χ2v) is 4.12. The first-order chi connectivity index (χ1) is 8.01. The Bertz CT molecular complexity index is 427. The fourth-order valence-electron chi connectivity index (χ4n) is 1.25. The van der Waals surface area contributed by atoms with E-state index in [0.717, 1.165) is 0 Å². The maximum Gasteiger partial charge on any atom is 0.340 e. The van der Waals surface area contributed by atoms with Crippen LogP contribution in [0.25, 0.3) is 0 Å². The number of carbonyl (C=O) groups is 1. The van der Waals surface area contributed by atoms with Crippen molar-refractivity contribution < 1.29 is 18.3 Å². The molecule has 0 spiro atoms. The van der Waals surface area contributed by atoms with Gasteiger partial charge in [0.05, 0.1) is 12.2 Å². The highest BCUT2D eigenvalue weighted by atomic mass is 127. The van der Waals surface area contributed by atoms with Crippen molar-refractivity contribution in [2.75, 3.05) is 6.61 Å². The Kier molecular flexibility index (Phi) is 5.19. The molecule has 1 rings (SSSR count). The van der Waals surface area contributed by atoms with Crippen molar-refractivity contribution in [2.45, 2.75) is 19.9 Å². The summed E-state index contributed by atoms with van der Waals surface area (Å²) in [7, 11) is 0. The minimum Gasteiger partial charge on any atom is -0.462 e. The number of carbonyl (C=O) groups excluding carboxylic acids is 1. The van der Waals surface area contributed by atoms with Gasteiger partial charge in [-0.3, -0.25) is 0 Å². The van der Waals surface area contributed by atoms with Gasteiger partial charge in [0.2, 0.25) is 0 Å². The molecule has 17 heavy (non-hydrogen) atoms. The first kappa shape index (κ1) is 14.2. The van der Waals surface area contributed by atoms with Crippen LogP contribution >= 0.6 is 22.6 Å². The number of hydrogen-bond acceptors (Lipinski definition) is 4. The number of halogens is 3. The third-order valence-corrected chi connectivity index (χ3v) is 2.83. The van der Waals surface area contributed by atoms with Crippen molar-refractivity contribution in [1.82, 2.24) is 4.98 Å².